The summed E-state index contributed by atoms with van der Waals surface area (Å²) >= 11 is 6.03. The molecule has 5 nitrogen and oxygen atoms in total. The summed E-state index contributed by atoms with van der Waals surface area (Å²) in [4.78, 5) is 25.8. The molecule has 0 aromatic heterocycles. The van der Waals surface area contributed by atoms with Crippen LogP contribution in [0.25, 0.3) is 0 Å². The first-order valence-corrected chi connectivity index (χ1v) is 8.49. The molecule has 2 N–H and O–H groups in total. The largest absolute Gasteiger partial charge is 0.378 e. The predicted molar refractivity (Wildman–Crippen MR) is 97.8 cm³/mol. The Bertz CT molecular complexity index is 822. The van der Waals surface area contributed by atoms with Gasteiger partial charge in [-0.05, 0) is 42.7 Å². The third-order valence-corrected chi connectivity index (χ3v) is 4.64. The van der Waals surface area contributed by atoms with Gasteiger partial charge in [0.15, 0.2) is 6.10 Å². The Kier molecular flexibility index (Phi) is 5.06. The van der Waals surface area contributed by atoms with Crippen molar-refractivity contribution < 1.29 is 14.7 Å². The van der Waals surface area contributed by atoms with Crippen molar-refractivity contribution in [3.63, 3.8) is 0 Å². The van der Waals surface area contributed by atoms with Crippen molar-refractivity contribution in [3.05, 3.63) is 58.6 Å². The average molecular weight is 359 g/mol. The molecule has 1 atom stereocenters. The van der Waals surface area contributed by atoms with E-state index in [1.807, 2.05) is 12.1 Å². The maximum absolute atomic E-state index is 12.3. The van der Waals surface area contributed by atoms with Gasteiger partial charge in [-0.15, -0.1) is 0 Å². The third kappa shape index (κ3) is 3.67. The summed E-state index contributed by atoms with van der Waals surface area (Å²) in [6.07, 6.45) is 0.376. The van der Waals surface area contributed by atoms with E-state index in [1.165, 1.54) is 0 Å². The maximum Gasteiger partial charge on any atom is 0.257 e. The van der Waals surface area contributed by atoms with Gasteiger partial charge >= 0.3 is 0 Å². The van der Waals surface area contributed by atoms with Gasteiger partial charge in [0.05, 0.1) is 0 Å². The molecule has 0 saturated carbocycles. The van der Waals surface area contributed by atoms with Gasteiger partial charge < -0.3 is 15.3 Å². The van der Waals surface area contributed by atoms with Crippen molar-refractivity contribution in [3.8, 4) is 0 Å². The van der Waals surface area contributed by atoms with Gasteiger partial charge in [-0.1, -0.05) is 29.8 Å². The minimum atomic E-state index is -1.35. The van der Waals surface area contributed by atoms with Gasteiger partial charge in [-0.3, -0.25) is 9.59 Å². The molecule has 3 rings (SSSR count). The number of hydrogen-bond donors (Lipinski definition) is 2. The molecule has 2 amide bonds. The van der Waals surface area contributed by atoms with Gasteiger partial charge in [0.25, 0.3) is 5.91 Å². The van der Waals surface area contributed by atoms with Crippen LogP contribution in [0.3, 0.4) is 0 Å². The molecule has 0 aliphatic carbocycles. The smallest absolute Gasteiger partial charge is 0.257 e. The Balaban J connectivity index is 1.78. The minimum absolute atomic E-state index is 0.00637. The first-order valence-electron chi connectivity index (χ1n) is 8.12. The Morgan fingerprint density at radius 3 is 2.72 bits per heavy atom. The summed E-state index contributed by atoms with van der Waals surface area (Å²) < 4.78 is 0. The minimum Gasteiger partial charge on any atom is -0.378 e. The van der Waals surface area contributed by atoms with Crippen molar-refractivity contribution >= 4 is 34.8 Å². The fraction of sp³-hybridized carbons (Fsp3) is 0.263. The fourth-order valence-corrected chi connectivity index (χ4v) is 3.29. The van der Waals surface area contributed by atoms with Gasteiger partial charge in [-0.2, -0.15) is 0 Å². The number of aryl methyl sites for hydroxylation is 1. The fourth-order valence-electron chi connectivity index (χ4n) is 3.05. The normalized spacial score (nSPS) is 14.6. The third-order valence-electron chi connectivity index (χ3n) is 4.29. The van der Waals surface area contributed by atoms with E-state index in [0.29, 0.717) is 22.8 Å². The molecular weight excluding hydrogens is 340 g/mol. The van der Waals surface area contributed by atoms with Crippen LogP contribution in [-0.4, -0.2) is 23.5 Å². The molecule has 6 heteroatoms. The molecule has 25 heavy (non-hydrogen) atoms. The average Bonchev–Trinajstić information content (AvgIpc) is 2.60. The Labute approximate surface area is 151 Å². The Hall–Kier alpha value is -2.37. The number of benzene rings is 2. The number of nitrogens with one attached hydrogen (secondary N) is 1. The van der Waals surface area contributed by atoms with Crippen molar-refractivity contribution in [2.45, 2.75) is 25.9 Å². The summed E-state index contributed by atoms with van der Waals surface area (Å²) in [6, 6.07) is 12.1. The first kappa shape index (κ1) is 17.5. The molecule has 0 spiro atoms. The summed E-state index contributed by atoms with van der Waals surface area (Å²) in [6.45, 7) is 2.25. The van der Waals surface area contributed by atoms with Crippen LogP contribution in [0.1, 0.15) is 30.6 Å². The number of aliphatic hydroxyl groups excluding tert-OH is 1. The van der Waals surface area contributed by atoms with Crippen molar-refractivity contribution in [2.75, 3.05) is 16.8 Å². The van der Waals surface area contributed by atoms with E-state index in [9.17, 15) is 14.7 Å². The number of carbonyl (C=O) groups excluding carboxylic acids is 2. The molecule has 0 radical (unpaired) electrons. The van der Waals surface area contributed by atoms with Crippen LogP contribution in [0.15, 0.2) is 42.5 Å². The highest BCUT2D eigenvalue weighted by Gasteiger charge is 2.22. The lowest BCUT2D eigenvalue weighted by atomic mass is 10.0. The number of carbonyl (C=O) groups is 2. The van der Waals surface area contributed by atoms with E-state index in [0.717, 1.165) is 24.1 Å². The van der Waals surface area contributed by atoms with E-state index in [2.05, 4.69) is 5.32 Å². The van der Waals surface area contributed by atoms with Gasteiger partial charge in [0, 0.05) is 35.4 Å². The van der Waals surface area contributed by atoms with Crippen LogP contribution < -0.4 is 10.2 Å². The lowest BCUT2D eigenvalue weighted by Crippen LogP contribution is -2.33. The molecule has 2 aromatic rings. The number of nitrogens with zero attached hydrogens (tertiary/aromatic N) is 1. The molecule has 1 aliphatic heterocycles. The molecule has 1 heterocycles. The zero-order valence-electron chi connectivity index (χ0n) is 13.8. The predicted octanol–water partition coefficient (Wildman–Crippen LogP) is 3.31. The Morgan fingerprint density at radius 2 is 2.00 bits per heavy atom. The van der Waals surface area contributed by atoms with Crippen LogP contribution in [0.5, 0.6) is 0 Å². The molecule has 0 fully saturated rings. The number of hydrogen-bond acceptors (Lipinski definition) is 3. The second kappa shape index (κ2) is 7.25. The topological polar surface area (TPSA) is 69.6 Å². The number of rotatable bonds is 3. The van der Waals surface area contributed by atoms with Crippen LogP contribution in [0, 0.1) is 0 Å². The summed E-state index contributed by atoms with van der Waals surface area (Å²) in [7, 11) is 0. The van der Waals surface area contributed by atoms with E-state index in [-0.39, 0.29) is 5.91 Å². The van der Waals surface area contributed by atoms with E-state index >= 15 is 0 Å². The highest BCUT2D eigenvalue weighted by molar-refractivity contribution is 6.31. The highest BCUT2D eigenvalue weighted by Crippen LogP contribution is 2.30. The summed E-state index contributed by atoms with van der Waals surface area (Å²) in [5, 5.41) is 13.3. The van der Waals surface area contributed by atoms with Crippen molar-refractivity contribution in [1.82, 2.24) is 0 Å². The molecule has 1 aliphatic rings. The SMILES string of the molecule is CC(=O)N1CCCc2cc(NC(=O)[C@H](O)c3ccccc3Cl)ccc21. The van der Waals surface area contributed by atoms with E-state index < -0.39 is 12.0 Å². The lowest BCUT2D eigenvalue weighted by molar-refractivity contribution is -0.124. The lowest BCUT2D eigenvalue weighted by Gasteiger charge is -2.29. The molecule has 0 bridgehead atoms. The molecular formula is C19H19ClN2O3. The van der Waals surface area contributed by atoms with E-state index in [4.69, 9.17) is 11.6 Å². The van der Waals surface area contributed by atoms with Crippen LogP contribution in [0.4, 0.5) is 11.4 Å². The zero-order chi connectivity index (χ0) is 18.0. The van der Waals surface area contributed by atoms with Crippen LogP contribution in [-0.2, 0) is 16.0 Å². The van der Waals surface area contributed by atoms with Crippen LogP contribution >= 0.6 is 11.6 Å². The quantitative estimate of drug-likeness (QED) is 0.884. The van der Waals surface area contributed by atoms with Gasteiger partial charge in [-0.25, -0.2) is 0 Å². The van der Waals surface area contributed by atoms with Crippen molar-refractivity contribution in [1.29, 1.82) is 0 Å². The molecule has 130 valence electrons. The second-order valence-electron chi connectivity index (χ2n) is 6.03. The zero-order valence-corrected chi connectivity index (χ0v) is 14.6. The monoisotopic (exact) mass is 358 g/mol. The summed E-state index contributed by atoms with van der Waals surface area (Å²) in [5.41, 5.74) is 2.83. The Morgan fingerprint density at radius 1 is 1.24 bits per heavy atom. The van der Waals surface area contributed by atoms with Crippen LogP contribution in [0.2, 0.25) is 5.02 Å². The summed E-state index contributed by atoms with van der Waals surface area (Å²) in [5.74, 6) is -0.542. The molecule has 0 saturated heterocycles. The number of anilines is 2. The highest BCUT2D eigenvalue weighted by atomic mass is 35.5. The number of fused-ring (bicyclic) bond motifs is 1. The van der Waals surface area contributed by atoms with Gasteiger partial charge in [0.1, 0.15) is 0 Å². The second-order valence-corrected chi connectivity index (χ2v) is 6.44. The molecule has 2 aromatic carbocycles. The number of amides is 2. The van der Waals surface area contributed by atoms with E-state index in [1.54, 1.807) is 42.2 Å². The number of aliphatic hydroxyl groups is 1. The molecule has 0 unspecified atom stereocenters. The first-order chi connectivity index (χ1) is 12.0. The van der Waals surface area contributed by atoms with Gasteiger partial charge in [0.2, 0.25) is 5.91 Å². The standard InChI is InChI=1S/C19H19ClN2O3/c1-12(23)22-10-4-5-13-11-14(8-9-17(13)22)21-19(25)18(24)15-6-2-3-7-16(15)20/h2-3,6-9,11,18,24H,4-5,10H2,1H3,(H,21,25)/t18-/m1/s1. The maximum atomic E-state index is 12.3. The number of halogens is 1. The van der Waals surface area contributed by atoms with Crippen molar-refractivity contribution in [2.24, 2.45) is 0 Å².